The number of aliphatic hydroxyl groups is 1. The molecular formula is C17H41N2O5P. The van der Waals surface area contributed by atoms with E-state index in [1.807, 2.05) is 0 Å². The molecule has 0 aromatic carbocycles. The Bertz CT molecular complexity index is 328. The Hall–Kier alpha value is -0.0100. The van der Waals surface area contributed by atoms with Crippen molar-refractivity contribution in [3.63, 3.8) is 0 Å². The molecule has 7 nitrogen and oxygen atoms in total. The van der Waals surface area contributed by atoms with E-state index in [1.54, 1.807) is 0 Å². The number of unbranched alkanes of at least 4 members (excludes halogenated alkanes) is 11. The largest absolute Gasteiger partial charge is 0.756 e. The van der Waals surface area contributed by atoms with Crippen LogP contribution in [0.2, 0.25) is 0 Å². The number of rotatable bonds is 17. The summed E-state index contributed by atoms with van der Waals surface area (Å²) < 4.78 is 14.7. The van der Waals surface area contributed by atoms with Crippen molar-refractivity contribution in [2.45, 2.75) is 103 Å². The molecule has 0 spiro atoms. The van der Waals surface area contributed by atoms with Gasteiger partial charge in [-0.05, 0) is 6.42 Å². The highest BCUT2D eigenvalue weighted by Crippen LogP contribution is 2.30. The lowest BCUT2D eigenvalue weighted by Gasteiger charge is -2.22. The molecule has 0 saturated carbocycles. The lowest BCUT2D eigenvalue weighted by molar-refractivity contribution is -0.220. The predicted octanol–water partition coefficient (Wildman–Crippen LogP) is 3.62. The van der Waals surface area contributed by atoms with E-state index in [-0.39, 0.29) is 6.15 Å². The van der Waals surface area contributed by atoms with Crippen molar-refractivity contribution in [3.05, 3.63) is 0 Å². The zero-order valence-corrected chi connectivity index (χ0v) is 17.1. The van der Waals surface area contributed by atoms with Gasteiger partial charge < -0.3 is 31.3 Å². The third-order valence-electron chi connectivity index (χ3n) is 4.28. The molecule has 0 amide bonds. The minimum absolute atomic E-state index is 0. The molecule has 1 unspecified atom stereocenters. The molecule has 0 aliphatic heterocycles. The van der Waals surface area contributed by atoms with Gasteiger partial charge in [-0.15, -0.1) is 0 Å². The van der Waals surface area contributed by atoms with Crippen LogP contribution in [0.3, 0.4) is 0 Å². The quantitative estimate of drug-likeness (QED) is 0.222. The molecule has 0 aromatic heterocycles. The lowest BCUT2D eigenvalue weighted by atomic mass is 10.0. The van der Waals surface area contributed by atoms with Crippen LogP contribution in [0.25, 0.3) is 0 Å². The minimum Gasteiger partial charge on any atom is -0.756 e. The van der Waals surface area contributed by atoms with Gasteiger partial charge in [-0.25, -0.2) is 0 Å². The van der Waals surface area contributed by atoms with Crippen molar-refractivity contribution in [1.29, 1.82) is 0 Å². The monoisotopic (exact) mass is 384 g/mol. The van der Waals surface area contributed by atoms with Crippen molar-refractivity contribution < 1.29 is 24.0 Å². The van der Waals surface area contributed by atoms with Crippen LogP contribution < -0.4 is 16.8 Å². The number of quaternary nitrogens is 1. The molecule has 0 heterocycles. The van der Waals surface area contributed by atoms with Crippen LogP contribution >= 0.6 is 7.82 Å². The highest BCUT2D eigenvalue weighted by molar-refractivity contribution is 7.44. The summed E-state index contributed by atoms with van der Waals surface area (Å²) in [6.07, 6.45) is 14.7. The van der Waals surface area contributed by atoms with Crippen molar-refractivity contribution >= 4 is 7.82 Å². The first-order valence-electron chi connectivity index (χ1n) is 9.48. The van der Waals surface area contributed by atoms with Crippen molar-refractivity contribution in [2.75, 3.05) is 6.61 Å². The molecule has 25 heavy (non-hydrogen) atoms. The second kappa shape index (κ2) is 17.4. The summed E-state index contributed by atoms with van der Waals surface area (Å²) in [4.78, 5) is 18.9. The van der Waals surface area contributed by atoms with E-state index in [2.05, 4.69) is 11.4 Å². The van der Waals surface area contributed by atoms with Crippen LogP contribution in [-0.2, 0) is 9.09 Å². The lowest BCUT2D eigenvalue weighted by Crippen LogP contribution is -2.38. The van der Waals surface area contributed by atoms with Crippen molar-refractivity contribution in [1.82, 2.24) is 6.15 Å². The molecule has 0 radical (unpaired) electrons. The zero-order chi connectivity index (χ0) is 18.3. The van der Waals surface area contributed by atoms with Gasteiger partial charge in [0.15, 0.2) is 0 Å². The van der Waals surface area contributed by atoms with E-state index in [0.717, 1.165) is 19.3 Å². The molecule has 0 aliphatic carbocycles. The van der Waals surface area contributed by atoms with Gasteiger partial charge in [-0.2, -0.15) is 0 Å². The van der Waals surface area contributed by atoms with Gasteiger partial charge in [0.2, 0.25) is 0 Å². The Labute approximate surface area is 153 Å². The Morgan fingerprint density at radius 1 is 0.960 bits per heavy atom. The fourth-order valence-electron chi connectivity index (χ4n) is 2.70. The molecule has 0 aliphatic rings. The standard InChI is InChI=1S/C17H38NO5P.H3N/c1-2-3-4-5-6-7-8-9-10-11-12-13-14-17(19)16(18)15-23-24(20,21)22;/h16-17,19H,2-15,18H2,1H3,(H2,20,21,22);1H3/t16-,17+;/m0./s1. The molecular weight excluding hydrogens is 343 g/mol. The van der Waals surface area contributed by atoms with E-state index < -0.39 is 26.6 Å². The van der Waals surface area contributed by atoms with Crippen LogP contribution in [0.5, 0.6) is 0 Å². The topological polar surface area (TPSA) is 152 Å². The molecule has 0 aromatic rings. The second-order valence-corrected chi connectivity index (χ2v) is 7.87. The summed E-state index contributed by atoms with van der Waals surface area (Å²) in [6, 6.07) is -0.799. The number of aliphatic hydroxyl groups excluding tert-OH is 1. The van der Waals surface area contributed by atoms with Crippen LogP contribution in [0.1, 0.15) is 90.4 Å². The Morgan fingerprint density at radius 2 is 1.36 bits per heavy atom. The summed E-state index contributed by atoms with van der Waals surface area (Å²) >= 11 is 0. The molecule has 0 fully saturated rings. The van der Waals surface area contributed by atoms with Gasteiger partial charge in [0.05, 0.1) is 18.8 Å². The van der Waals surface area contributed by atoms with E-state index >= 15 is 0 Å². The zero-order valence-electron chi connectivity index (χ0n) is 16.2. The normalized spacial score (nSPS) is 16.0. The molecule has 0 rings (SSSR count). The minimum atomic E-state index is -4.76. The molecule has 0 bridgehead atoms. The first kappa shape index (κ1) is 27.2. The van der Waals surface area contributed by atoms with Gasteiger partial charge in [-0.1, -0.05) is 84.0 Å². The number of hydrogen-bond acceptors (Lipinski definition) is 5. The van der Waals surface area contributed by atoms with Crippen LogP contribution in [-0.4, -0.2) is 28.8 Å². The number of hydrogen-bond donors (Lipinski definition) is 4. The maximum absolute atomic E-state index is 10.5. The molecule has 0 saturated heterocycles. The second-order valence-electron chi connectivity index (χ2n) is 6.67. The molecule has 8 N–H and O–H groups in total. The van der Waals surface area contributed by atoms with E-state index in [0.29, 0.717) is 6.42 Å². The van der Waals surface area contributed by atoms with E-state index in [4.69, 9.17) is 10.6 Å². The highest BCUT2D eigenvalue weighted by Gasteiger charge is 2.16. The summed E-state index contributed by atoms with van der Waals surface area (Å²) in [5, 5.41) is 9.80. The smallest absolute Gasteiger partial charge is 0.265 e. The highest BCUT2D eigenvalue weighted by atomic mass is 31.2. The van der Waals surface area contributed by atoms with Crippen molar-refractivity contribution in [3.8, 4) is 0 Å². The summed E-state index contributed by atoms with van der Waals surface area (Å²) in [7, 11) is -4.76. The molecule has 3 atom stereocenters. The fourth-order valence-corrected chi connectivity index (χ4v) is 3.06. The number of phosphoric acid groups is 1. The van der Waals surface area contributed by atoms with Crippen LogP contribution in [0, 0.1) is 0 Å². The molecule has 8 heteroatoms. The third-order valence-corrected chi connectivity index (χ3v) is 4.75. The van der Waals surface area contributed by atoms with Gasteiger partial charge in [-0.3, -0.25) is 4.57 Å². The average Bonchev–Trinajstić information content (AvgIpc) is 2.52. The van der Waals surface area contributed by atoms with Crippen LogP contribution in [0.15, 0.2) is 0 Å². The third kappa shape index (κ3) is 20.2. The van der Waals surface area contributed by atoms with Gasteiger partial charge in [0.1, 0.15) is 0 Å². The van der Waals surface area contributed by atoms with Gasteiger partial charge >= 0.3 is 0 Å². The summed E-state index contributed by atoms with van der Waals surface area (Å²) in [5.74, 6) is 0. The predicted molar refractivity (Wildman–Crippen MR) is 101 cm³/mol. The average molecular weight is 384 g/mol. The first-order chi connectivity index (χ1) is 11.4. The Morgan fingerprint density at radius 3 is 1.76 bits per heavy atom. The SMILES string of the molecule is CCCCCCCCCCCCCC[C@@H](O)[C@@H](N)COP(=O)([O-])O.[NH4+]. The van der Waals surface area contributed by atoms with Crippen LogP contribution in [0.4, 0.5) is 0 Å². The maximum Gasteiger partial charge on any atom is 0.265 e. The van der Waals surface area contributed by atoms with E-state index in [9.17, 15) is 14.6 Å². The van der Waals surface area contributed by atoms with Crippen molar-refractivity contribution in [2.24, 2.45) is 5.73 Å². The number of nitrogens with two attached hydrogens (primary N) is 1. The summed E-state index contributed by atoms with van der Waals surface area (Å²) in [5.41, 5.74) is 5.62. The Balaban J connectivity index is 0. The van der Waals surface area contributed by atoms with Gasteiger partial charge in [0, 0.05) is 0 Å². The van der Waals surface area contributed by atoms with E-state index in [1.165, 1.54) is 57.8 Å². The Kier molecular flexibility index (Phi) is 18.9. The maximum atomic E-state index is 10.5. The fraction of sp³-hybridized carbons (Fsp3) is 1.00. The number of phosphoric ester groups is 1. The first-order valence-corrected chi connectivity index (χ1v) is 11.0. The molecule has 154 valence electrons. The summed E-state index contributed by atoms with van der Waals surface area (Å²) in [6.45, 7) is 1.84. The van der Waals surface area contributed by atoms with Gasteiger partial charge in [0.25, 0.3) is 7.82 Å².